The molecule has 2 aromatic rings. The Morgan fingerprint density at radius 3 is 2.70 bits per heavy atom. The molecule has 8 heteroatoms. The summed E-state index contributed by atoms with van der Waals surface area (Å²) >= 11 is 1.31. The smallest absolute Gasteiger partial charge is 0.307 e. The number of hydrogen-bond donors (Lipinski definition) is 2. The minimum atomic E-state index is -0.614. The van der Waals surface area contributed by atoms with Crippen molar-refractivity contribution < 1.29 is 23.9 Å². The molecule has 3 rings (SSSR count). The molecule has 2 aromatic carbocycles. The van der Waals surface area contributed by atoms with E-state index in [1.54, 1.807) is 30.3 Å². The number of methoxy groups -OCH3 is 1. The Balaban J connectivity index is 1.50. The first-order valence-electron chi connectivity index (χ1n) is 8.22. The second kappa shape index (κ2) is 8.59. The summed E-state index contributed by atoms with van der Waals surface area (Å²) in [6.07, 6.45) is -0.118. The minimum absolute atomic E-state index is 0.118. The topological polar surface area (TPSA) is 93.7 Å². The molecule has 0 aliphatic carbocycles. The number of carbonyl (C=O) groups excluding carboxylic acids is 3. The maximum Gasteiger partial charge on any atom is 0.307 e. The van der Waals surface area contributed by atoms with Gasteiger partial charge in [-0.05, 0) is 24.3 Å². The van der Waals surface area contributed by atoms with Crippen molar-refractivity contribution in [1.82, 2.24) is 0 Å². The summed E-state index contributed by atoms with van der Waals surface area (Å²) in [6, 6.07) is 14.3. The van der Waals surface area contributed by atoms with Crippen molar-refractivity contribution in [1.29, 1.82) is 0 Å². The summed E-state index contributed by atoms with van der Waals surface area (Å²) in [6.45, 7) is -0.438. The number of carbonyl (C=O) groups is 3. The molecule has 0 fully saturated rings. The number of hydrogen-bond acceptors (Lipinski definition) is 6. The van der Waals surface area contributed by atoms with Crippen LogP contribution in [-0.2, 0) is 19.1 Å². The summed E-state index contributed by atoms with van der Waals surface area (Å²) in [5, 5.41) is 4.79. The number of ether oxygens (including phenoxy) is 2. The lowest BCUT2D eigenvalue weighted by atomic mass is 10.2. The van der Waals surface area contributed by atoms with Crippen molar-refractivity contribution in [3.8, 4) is 5.75 Å². The molecular formula is C19H18N2O5S. The minimum Gasteiger partial charge on any atom is -0.495 e. The second-order valence-electron chi connectivity index (χ2n) is 5.71. The third kappa shape index (κ3) is 4.79. The number of rotatable bonds is 6. The summed E-state index contributed by atoms with van der Waals surface area (Å²) in [5.74, 6) is -0.851. The Kier molecular flexibility index (Phi) is 5.97. The monoisotopic (exact) mass is 386 g/mol. The van der Waals surface area contributed by atoms with Crippen LogP contribution in [0.5, 0.6) is 5.75 Å². The van der Waals surface area contributed by atoms with Gasteiger partial charge in [-0.15, -0.1) is 11.8 Å². The van der Waals surface area contributed by atoms with E-state index in [1.165, 1.54) is 18.9 Å². The Labute approximate surface area is 160 Å². The number of thioether (sulfide) groups is 1. The highest BCUT2D eigenvalue weighted by Crippen LogP contribution is 2.36. The molecule has 0 unspecified atom stereocenters. The fourth-order valence-corrected chi connectivity index (χ4v) is 3.61. The maximum absolute atomic E-state index is 12.1. The summed E-state index contributed by atoms with van der Waals surface area (Å²) in [7, 11) is 1.50. The van der Waals surface area contributed by atoms with Gasteiger partial charge in [0.05, 0.1) is 30.2 Å². The Morgan fingerprint density at radius 2 is 1.89 bits per heavy atom. The number of amides is 2. The molecule has 0 saturated heterocycles. The second-order valence-corrected chi connectivity index (χ2v) is 6.95. The molecule has 0 saturated carbocycles. The van der Waals surface area contributed by atoms with Gasteiger partial charge in [-0.3, -0.25) is 14.4 Å². The zero-order valence-corrected chi connectivity index (χ0v) is 15.4. The number of para-hydroxylation sites is 3. The van der Waals surface area contributed by atoms with E-state index < -0.39 is 23.7 Å². The van der Waals surface area contributed by atoms with Gasteiger partial charge in [0.2, 0.25) is 5.91 Å². The molecule has 0 aromatic heterocycles. The molecule has 1 heterocycles. The van der Waals surface area contributed by atoms with Crippen molar-refractivity contribution in [2.45, 2.75) is 16.6 Å². The van der Waals surface area contributed by atoms with Gasteiger partial charge in [0.25, 0.3) is 5.91 Å². The van der Waals surface area contributed by atoms with E-state index in [-0.39, 0.29) is 12.3 Å². The van der Waals surface area contributed by atoms with Crippen LogP contribution in [0, 0.1) is 0 Å². The van der Waals surface area contributed by atoms with Crippen molar-refractivity contribution in [3.05, 3.63) is 48.5 Å². The van der Waals surface area contributed by atoms with Crippen LogP contribution in [0.3, 0.4) is 0 Å². The quantitative estimate of drug-likeness (QED) is 0.742. The lowest BCUT2D eigenvalue weighted by Crippen LogP contribution is -2.32. The summed E-state index contributed by atoms with van der Waals surface area (Å²) in [5.41, 5.74) is 1.22. The first-order valence-corrected chi connectivity index (χ1v) is 9.10. The fraction of sp³-hybridized carbons (Fsp3) is 0.211. The van der Waals surface area contributed by atoms with E-state index in [0.29, 0.717) is 11.4 Å². The summed E-state index contributed by atoms with van der Waals surface area (Å²) < 4.78 is 10.1. The Hall–Kier alpha value is -3.00. The standard InChI is InChI=1S/C19H18N2O5S/c1-25-14-8-4-2-6-12(14)20-17(22)11-26-18(23)10-16-19(24)21-13-7-3-5-9-15(13)27-16/h2-9,16H,10-11H2,1H3,(H,20,22)(H,21,24)/t16-/m0/s1. The highest BCUT2D eigenvalue weighted by molar-refractivity contribution is 8.01. The fourth-order valence-electron chi connectivity index (χ4n) is 2.52. The van der Waals surface area contributed by atoms with Crippen LogP contribution in [-0.4, -0.2) is 36.8 Å². The van der Waals surface area contributed by atoms with E-state index in [9.17, 15) is 14.4 Å². The molecule has 140 valence electrons. The molecule has 1 aliphatic rings. The normalized spacial score (nSPS) is 15.3. The van der Waals surface area contributed by atoms with Crippen molar-refractivity contribution in [2.75, 3.05) is 24.4 Å². The number of esters is 1. The number of benzene rings is 2. The molecule has 2 amide bonds. The van der Waals surface area contributed by atoms with Crippen molar-refractivity contribution >= 4 is 40.9 Å². The van der Waals surface area contributed by atoms with Crippen molar-refractivity contribution in [2.24, 2.45) is 0 Å². The lowest BCUT2D eigenvalue weighted by molar-refractivity contribution is -0.147. The number of nitrogens with one attached hydrogen (secondary N) is 2. The lowest BCUT2D eigenvalue weighted by Gasteiger charge is -2.23. The van der Waals surface area contributed by atoms with E-state index in [4.69, 9.17) is 9.47 Å². The molecule has 7 nitrogen and oxygen atoms in total. The predicted molar refractivity (Wildman–Crippen MR) is 102 cm³/mol. The van der Waals surface area contributed by atoms with E-state index >= 15 is 0 Å². The van der Waals surface area contributed by atoms with Crippen LogP contribution in [0.15, 0.2) is 53.4 Å². The Bertz CT molecular complexity index is 871. The van der Waals surface area contributed by atoms with Gasteiger partial charge in [-0.25, -0.2) is 0 Å². The van der Waals surface area contributed by atoms with Crippen LogP contribution in [0.25, 0.3) is 0 Å². The van der Waals surface area contributed by atoms with Crippen LogP contribution >= 0.6 is 11.8 Å². The first-order chi connectivity index (χ1) is 13.1. The van der Waals surface area contributed by atoms with Gasteiger partial charge in [0.1, 0.15) is 5.75 Å². The zero-order chi connectivity index (χ0) is 19.2. The van der Waals surface area contributed by atoms with E-state index in [1.807, 2.05) is 18.2 Å². The Morgan fingerprint density at radius 1 is 1.15 bits per heavy atom. The molecule has 2 N–H and O–H groups in total. The molecular weight excluding hydrogens is 368 g/mol. The molecule has 0 radical (unpaired) electrons. The molecule has 1 aliphatic heterocycles. The maximum atomic E-state index is 12.1. The summed E-state index contributed by atoms with van der Waals surface area (Å²) in [4.78, 5) is 37.0. The van der Waals surface area contributed by atoms with E-state index in [2.05, 4.69) is 10.6 Å². The van der Waals surface area contributed by atoms with Gasteiger partial charge in [0, 0.05) is 4.90 Å². The predicted octanol–water partition coefficient (Wildman–Crippen LogP) is 2.68. The van der Waals surface area contributed by atoms with Gasteiger partial charge < -0.3 is 20.1 Å². The van der Waals surface area contributed by atoms with Gasteiger partial charge in [0.15, 0.2) is 6.61 Å². The third-order valence-corrected chi connectivity index (χ3v) is 5.08. The van der Waals surface area contributed by atoms with Gasteiger partial charge in [-0.1, -0.05) is 24.3 Å². The molecule has 1 atom stereocenters. The van der Waals surface area contributed by atoms with Crippen molar-refractivity contribution in [3.63, 3.8) is 0 Å². The highest BCUT2D eigenvalue weighted by Gasteiger charge is 2.29. The highest BCUT2D eigenvalue weighted by atomic mass is 32.2. The van der Waals surface area contributed by atoms with Crippen LogP contribution < -0.4 is 15.4 Å². The average molecular weight is 386 g/mol. The van der Waals surface area contributed by atoms with E-state index in [0.717, 1.165) is 10.6 Å². The third-order valence-electron chi connectivity index (χ3n) is 3.80. The first kappa shape index (κ1) is 18.8. The SMILES string of the molecule is COc1ccccc1NC(=O)COC(=O)C[C@@H]1Sc2ccccc2NC1=O. The largest absolute Gasteiger partial charge is 0.495 e. The molecule has 0 bridgehead atoms. The van der Waals surface area contributed by atoms with Crippen LogP contribution in [0.4, 0.5) is 11.4 Å². The van der Waals surface area contributed by atoms with Crippen LogP contribution in [0.2, 0.25) is 0 Å². The average Bonchev–Trinajstić information content (AvgIpc) is 2.67. The molecule has 27 heavy (non-hydrogen) atoms. The van der Waals surface area contributed by atoms with Gasteiger partial charge >= 0.3 is 5.97 Å². The zero-order valence-electron chi connectivity index (χ0n) is 14.6. The number of anilines is 2. The van der Waals surface area contributed by atoms with Crippen LogP contribution in [0.1, 0.15) is 6.42 Å². The molecule has 0 spiro atoms. The number of fused-ring (bicyclic) bond motifs is 1. The van der Waals surface area contributed by atoms with Gasteiger partial charge in [-0.2, -0.15) is 0 Å².